The summed E-state index contributed by atoms with van der Waals surface area (Å²) in [6.07, 6.45) is 0.0595. The molecule has 1 N–H and O–H groups in total. The van der Waals surface area contributed by atoms with Crippen LogP contribution in [0.2, 0.25) is 10.0 Å². The molecule has 170 valence electrons. The number of aliphatic hydroxyl groups excluding tert-OH is 1. The third-order valence-electron chi connectivity index (χ3n) is 4.22. The van der Waals surface area contributed by atoms with E-state index in [4.69, 9.17) is 23.2 Å². The molecule has 0 spiro atoms. The number of carbonyl (C=O) groups excluding carboxylic acids is 1. The first kappa shape index (κ1) is 27.8. The molecule has 0 saturated heterocycles. The van der Waals surface area contributed by atoms with E-state index in [-0.39, 0.29) is 0 Å². The van der Waals surface area contributed by atoms with Gasteiger partial charge in [0.1, 0.15) is 6.10 Å². The Hall–Kier alpha value is -1.47. The van der Waals surface area contributed by atoms with E-state index in [9.17, 15) is 9.90 Å². The molecule has 0 fully saturated rings. The summed E-state index contributed by atoms with van der Waals surface area (Å²) in [5, 5.41) is 11.3. The van der Waals surface area contributed by atoms with Gasteiger partial charge < -0.3 is 5.11 Å². The summed E-state index contributed by atoms with van der Waals surface area (Å²) >= 11 is 21.6. The van der Waals surface area contributed by atoms with Crippen molar-refractivity contribution in [1.82, 2.24) is 0 Å². The minimum Gasteiger partial charge on any atom is -0.384 e. The van der Waals surface area contributed by atoms with Crippen LogP contribution in [0, 0.1) is 0 Å². The molecule has 0 radical (unpaired) electrons. The van der Waals surface area contributed by atoms with Crippen LogP contribution in [0.4, 0.5) is 0 Å². The second-order valence-corrected chi connectivity index (χ2v) is 10.1. The summed E-state index contributed by atoms with van der Waals surface area (Å²) < 4.78 is 3.21. The molecule has 0 heterocycles. The Morgan fingerprint density at radius 3 is 1.48 bits per heavy atom. The summed E-state index contributed by atoms with van der Waals surface area (Å²) in [6, 6.07) is 29.7. The normalized spacial score (nSPS) is 10.7. The maximum atomic E-state index is 10.2. The second-order valence-electron chi connectivity index (χ2n) is 6.55. The van der Waals surface area contributed by atoms with Crippen LogP contribution < -0.4 is 0 Å². The van der Waals surface area contributed by atoms with Gasteiger partial charge in [0.2, 0.25) is 0 Å². The quantitative estimate of drug-likeness (QED) is 0.220. The summed E-state index contributed by atoms with van der Waals surface area (Å²) in [4.78, 5) is 10.1. The number of aliphatic hydroxyl groups is 1. The predicted molar refractivity (Wildman–Crippen MR) is 148 cm³/mol. The van der Waals surface area contributed by atoms with Crippen molar-refractivity contribution in [2.75, 3.05) is 0 Å². The fraction of sp³-hybridized carbons (Fsp3) is 0.0385. The molecule has 2 nitrogen and oxygen atoms in total. The molecule has 4 aromatic rings. The lowest BCUT2D eigenvalue weighted by Gasteiger charge is -2.12. The van der Waals surface area contributed by atoms with Crippen molar-refractivity contribution >= 4 is 77.3 Å². The van der Waals surface area contributed by atoms with Crippen LogP contribution in [0.15, 0.2) is 110 Å². The van der Waals surface area contributed by atoms with Crippen LogP contribution in [0.3, 0.4) is 0 Å². The summed E-state index contributed by atoms with van der Waals surface area (Å²) in [6.45, 7) is 0. The monoisotopic (exact) mass is 670 g/mol. The van der Waals surface area contributed by atoms with Crippen LogP contribution in [-0.2, 0) is 0 Å². The summed E-state index contributed by atoms with van der Waals surface area (Å²) in [7, 11) is 0. The van der Waals surface area contributed by atoms with E-state index in [1.165, 1.54) is 0 Å². The van der Waals surface area contributed by atoms with Gasteiger partial charge >= 0.3 is 0 Å². The molecule has 4 rings (SSSR count). The van der Waals surface area contributed by atoms with E-state index < -0.39 is 6.10 Å². The molecule has 7 heteroatoms. The van der Waals surface area contributed by atoms with Crippen LogP contribution in [0.25, 0.3) is 0 Å². The van der Waals surface area contributed by atoms with Gasteiger partial charge in [-0.05, 0) is 54.1 Å². The molecular formula is C26H19Br3Cl2O2. The van der Waals surface area contributed by atoms with Gasteiger partial charge in [0.05, 0.1) is 5.02 Å². The standard InChI is InChI=1S/C13H10BrClO.C7H5ClO.C6H4Br2/c14-10-7-5-9(6-8-10)13(16)11-3-1-2-4-12(11)15;8-7-4-2-1-3-6(7)5-9;7-5-1-2-6(8)4-3-5/h1-8,13,16H;1-5H;1-4H. The summed E-state index contributed by atoms with van der Waals surface area (Å²) in [5.74, 6) is 0. The zero-order chi connectivity index (χ0) is 24.2. The lowest BCUT2D eigenvalue weighted by Crippen LogP contribution is -1.99. The Bertz CT molecular complexity index is 1130. The van der Waals surface area contributed by atoms with Crippen molar-refractivity contribution in [3.63, 3.8) is 0 Å². The van der Waals surface area contributed by atoms with Crippen molar-refractivity contribution in [3.8, 4) is 0 Å². The Kier molecular flexibility index (Phi) is 12.4. The summed E-state index contributed by atoms with van der Waals surface area (Å²) in [5.41, 5.74) is 2.10. The highest BCUT2D eigenvalue weighted by molar-refractivity contribution is 9.11. The van der Waals surface area contributed by atoms with Crippen LogP contribution in [-0.4, -0.2) is 11.4 Å². The second kappa shape index (κ2) is 14.7. The average Bonchev–Trinajstić information content (AvgIpc) is 2.82. The van der Waals surface area contributed by atoms with Crippen molar-refractivity contribution in [1.29, 1.82) is 0 Å². The lowest BCUT2D eigenvalue weighted by molar-refractivity contribution is 0.112. The minimum absolute atomic E-state index is 0.507. The topological polar surface area (TPSA) is 37.3 Å². The number of hydrogen-bond donors (Lipinski definition) is 1. The van der Waals surface area contributed by atoms with Gasteiger partial charge in [-0.15, -0.1) is 0 Å². The van der Waals surface area contributed by atoms with Gasteiger partial charge in [-0.3, -0.25) is 4.79 Å². The van der Waals surface area contributed by atoms with Crippen molar-refractivity contribution in [2.45, 2.75) is 6.10 Å². The van der Waals surface area contributed by atoms with Gasteiger partial charge in [-0.25, -0.2) is 0 Å². The smallest absolute Gasteiger partial charge is 0.151 e. The zero-order valence-corrected chi connectivity index (χ0v) is 23.4. The molecule has 0 saturated carbocycles. The predicted octanol–water partition coefficient (Wildman–Crippen LogP) is 9.55. The number of aldehydes is 1. The molecule has 1 atom stereocenters. The van der Waals surface area contributed by atoms with Gasteiger partial charge in [-0.2, -0.15) is 0 Å². The Morgan fingerprint density at radius 1 is 0.636 bits per heavy atom. The molecule has 0 aliphatic heterocycles. The van der Waals surface area contributed by atoms with E-state index in [0.29, 0.717) is 15.6 Å². The van der Waals surface area contributed by atoms with Crippen molar-refractivity contribution < 1.29 is 9.90 Å². The zero-order valence-electron chi connectivity index (χ0n) is 17.1. The van der Waals surface area contributed by atoms with E-state index in [2.05, 4.69) is 47.8 Å². The first-order chi connectivity index (χ1) is 15.8. The largest absolute Gasteiger partial charge is 0.384 e. The first-order valence-electron chi connectivity index (χ1n) is 9.60. The number of hydrogen-bond acceptors (Lipinski definition) is 2. The Balaban J connectivity index is 0.000000192. The molecular weight excluding hydrogens is 655 g/mol. The number of carbonyl (C=O) groups is 1. The minimum atomic E-state index is -0.679. The molecule has 0 amide bonds. The Morgan fingerprint density at radius 2 is 1.06 bits per heavy atom. The molecule has 0 aromatic heterocycles. The first-order valence-corrected chi connectivity index (χ1v) is 12.7. The van der Waals surface area contributed by atoms with Crippen molar-refractivity contribution in [2.24, 2.45) is 0 Å². The van der Waals surface area contributed by atoms with E-state index in [1.54, 1.807) is 30.3 Å². The van der Waals surface area contributed by atoms with Crippen LogP contribution in [0.1, 0.15) is 27.6 Å². The van der Waals surface area contributed by atoms with Crippen LogP contribution >= 0.6 is 71.0 Å². The third-order valence-corrected chi connectivity index (χ3v) is 6.50. The van der Waals surface area contributed by atoms with E-state index in [0.717, 1.165) is 30.8 Å². The SMILES string of the molecule is Brc1ccc(Br)cc1.O=Cc1ccccc1Cl.OC(c1ccc(Br)cc1)c1ccccc1Cl. The van der Waals surface area contributed by atoms with Crippen LogP contribution in [0.5, 0.6) is 0 Å². The van der Waals surface area contributed by atoms with E-state index in [1.807, 2.05) is 66.7 Å². The maximum absolute atomic E-state index is 10.2. The maximum Gasteiger partial charge on any atom is 0.151 e. The van der Waals surface area contributed by atoms with Crippen molar-refractivity contribution in [3.05, 3.63) is 137 Å². The molecule has 1 unspecified atom stereocenters. The number of benzene rings is 4. The Labute approximate surface area is 229 Å². The fourth-order valence-corrected chi connectivity index (χ4v) is 3.73. The number of halogens is 5. The molecule has 0 aliphatic carbocycles. The fourth-order valence-electron chi connectivity index (χ4n) is 2.52. The third kappa shape index (κ3) is 9.73. The van der Waals surface area contributed by atoms with Gasteiger partial charge in [0, 0.05) is 29.6 Å². The number of rotatable bonds is 3. The van der Waals surface area contributed by atoms with E-state index >= 15 is 0 Å². The van der Waals surface area contributed by atoms with Gasteiger partial charge in [0.15, 0.2) is 6.29 Å². The molecule has 0 aliphatic rings. The molecule has 0 bridgehead atoms. The van der Waals surface area contributed by atoms with Gasteiger partial charge in [-0.1, -0.05) is 120 Å². The van der Waals surface area contributed by atoms with Gasteiger partial charge in [0.25, 0.3) is 0 Å². The average molecular weight is 674 g/mol. The highest BCUT2D eigenvalue weighted by Crippen LogP contribution is 2.28. The lowest BCUT2D eigenvalue weighted by atomic mass is 10.0. The highest BCUT2D eigenvalue weighted by Gasteiger charge is 2.12. The molecule has 33 heavy (non-hydrogen) atoms. The molecule has 4 aromatic carbocycles. The highest BCUT2D eigenvalue weighted by atomic mass is 79.9.